The quantitative estimate of drug-likeness (QED) is 0.0262. The van der Waals surface area contributed by atoms with Gasteiger partial charge >= 0.3 is 17.9 Å². The first-order valence-electron chi connectivity index (χ1n) is 28.0. The van der Waals surface area contributed by atoms with Gasteiger partial charge in [0.05, 0.1) is 0 Å². The molecule has 6 nitrogen and oxygen atoms in total. The summed E-state index contributed by atoms with van der Waals surface area (Å²) in [5.74, 6) is -0.981. The van der Waals surface area contributed by atoms with Crippen molar-refractivity contribution >= 4 is 17.9 Å². The van der Waals surface area contributed by atoms with Crippen molar-refractivity contribution in [3.63, 3.8) is 0 Å². The number of rotatable bonds is 49. The molecular formula is C63H102O6. The molecule has 1 atom stereocenters. The first-order valence-corrected chi connectivity index (χ1v) is 28.0. The maximum atomic E-state index is 12.8. The molecule has 0 fully saturated rings. The predicted molar refractivity (Wildman–Crippen MR) is 297 cm³/mol. The number of carbonyl (C=O) groups is 3. The lowest BCUT2D eigenvalue weighted by molar-refractivity contribution is -0.167. The zero-order chi connectivity index (χ0) is 50.0. The fraction of sp³-hybridized carbons (Fsp3) is 0.635. The zero-order valence-electron chi connectivity index (χ0n) is 44.5. The van der Waals surface area contributed by atoms with E-state index in [2.05, 4.69) is 142 Å². The third kappa shape index (κ3) is 54.6. The molecule has 6 heteroatoms. The maximum absolute atomic E-state index is 12.8. The van der Waals surface area contributed by atoms with Crippen LogP contribution in [0.25, 0.3) is 0 Å². The first kappa shape index (κ1) is 64.8. The highest BCUT2D eigenvalue weighted by molar-refractivity contribution is 5.71. The van der Waals surface area contributed by atoms with Gasteiger partial charge in [-0.15, -0.1) is 0 Å². The molecule has 0 amide bonds. The van der Waals surface area contributed by atoms with Gasteiger partial charge < -0.3 is 14.2 Å². The van der Waals surface area contributed by atoms with E-state index in [0.717, 1.165) is 122 Å². The van der Waals surface area contributed by atoms with Gasteiger partial charge in [0.2, 0.25) is 0 Å². The summed E-state index contributed by atoms with van der Waals surface area (Å²) in [6, 6.07) is 0. The predicted octanol–water partition coefficient (Wildman–Crippen LogP) is 18.9. The molecule has 0 N–H and O–H groups in total. The summed E-state index contributed by atoms with van der Waals surface area (Å²) in [7, 11) is 0. The van der Waals surface area contributed by atoms with E-state index in [4.69, 9.17) is 14.2 Å². The Morgan fingerprint density at radius 3 is 0.913 bits per heavy atom. The van der Waals surface area contributed by atoms with Crippen LogP contribution in [0.3, 0.4) is 0 Å². The standard InChI is InChI=1S/C63H102O6/c1-4-7-10-13-16-19-22-25-28-30-31-33-35-38-41-44-47-50-53-56-62(65)68-59-60(58-67-61(64)55-52-49-46-43-40-37-34-27-24-21-18-15-12-9-6-3)69-63(66)57-54-51-48-45-42-39-36-32-29-26-23-20-17-14-11-8-5-2/h8-9,11-12,16-21,25-29,34,36,39-40,43,60H,4-7,10,13-15,22-24,30-33,35,37-38,41-42,44-59H2,1-3H3/b11-8-,12-9-,19-16-,20-17-,21-18-,28-25-,29-26-,34-27-,39-36-,43-40-. The molecule has 0 rings (SSSR count). The van der Waals surface area contributed by atoms with Crippen molar-refractivity contribution in [2.24, 2.45) is 0 Å². The molecule has 0 radical (unpaired) electrons. The van der Waals surface area contributed by atoms with E-state index in [0.29, 0.717) is 19.3 Å². The Morgan fingerprint density at radius 2 is 0.565 bits per heavy atom. The summed E-state index contributed by atoms with van der Waals surface area (Å²) in [5, 5.41) is 0. The van der Waals surface area contributed by atoms with Crippen molar-refractivity contribution in [3.05, 3.63) is 122 Å². The molecule has 69 heavy (non-hydrogen) atoms. The number of allylic oxidation sites excluding steroid dienone is 20. The third-order valence-electron chi connectivity index (χ3n) is 11.4. The van der Waals surface area contributed by atoms with Crippen LogP contribution in [0.5, 0.6) is 0 Å². The minimum Gasteiger partial charge on any atom is -0.462 e. The molecule has 0 aromatic carbocycles. The highest BCUT2D eigenvalue weighted by atomic mass is 16.6. The fourth-order valence-corrected chi connectivity index (χ4v) is 7.28. The molecule has 390 valence electrons. The Morgan fingerprint density at radius 1 is 0.304 bits per heavy atom. The number of esters is 3. The van der Waals surface area contributed by atoms with E-state index in [1.165, 1.54) is 70.6 Å². The van der Waals surface area contributed by atoms with Crippen LogP contribution >= 0.6 is 0 Å². The SMILES string of the molecule is CC/C=C\C/C=C\C/C=C\C/C=C\CCCCCCC(=O)OC(COC(=O)CCCC/C=C\C/C=C\C/C=C\C/C=C\CC)COC(=O)CCCCCCCCCCC/C=C\C/C=C\CCCCC. The van der Waals surface area contributed by atoms with Gasteiger partial charge in [0, 0.05) is 19.3 Å². The molecule has 0 aliphatic heterocycles. The van der Waals surface area contributed by atoms with Crippen LogP contribution in [0.15, 0.2) is 122 Å². The molecule has 0 aromatic heterocycles. The lowest BCUT2D eigenvalue weighted by atomic mass is 10.1. The van der Waals surface area contributed by atoms with Crippen molar-refractivity contribution in [1.29, 1.82) is 0 Å². The second kappa shape index (κ2) is 56.4. The average Bonchev–Trinajstić information content (AvgIpc) is 3.35. The number of unbranched alkanes of at least 4 members (excludes halogenated alkanes) is 18. The highest BCUT2D eigenvalue weighted by Gasteiger charge is 2.19. The van der Waals surface area contributed by atoms with Crippen LogP contribution < -0.4 is 0 Å². The van der Waals surface area contributed by atoms with Crippen LogP contribution in [0, 0.1) is 0 Å². The molecular weight excluding hydrogens is 853 g/mol. The van der Waals surface area contributed by atoms with Crippen molar-refractivity contribution in [1.82, 2.24) is 0 Å². The van der Waals surface area contributed by atoms with Crippen LogP contribution in [-0.4, -0.2) is 37.2 Å². The number of ether oxygens (including phenoxy) is 3. The van der Waals surface area contributed by atoms with Gasteiger partial charge in [-0.25, -0.2) is 0 Å². The van der Waals surface area contributed by atoms with Crippen molar-refractivity contribution in [2.45, 2.75) is 245 Å². The normalized spacial score (nSPS) is 13.0. The lowest BCUT2D eigenvalue weighted by Gasteiger charge is -2.18. The Hall–Kier alpha value is -4.19. The van der Waals surface area contributed by atoms with Gasteiger partial charge in [-0.1, -0.05) is 213 Å². The fourth-order valence-electron chi connectivity index (χ4n) is 7.28. The van der Waals surface area contributed by atoms with E-state index in [9.17, 15) is 14.4 Å². The number of hydrogen-bond acceptors (Lipinski definition) is 6. The van der Waals surface area contributed by atoms with Crippen molar-refractivity contribution in [2.75, 3.05) is 13.2 Å². The molecule has 0 aliphatic rings. The smallest absolute Gasteiger partial charge is 0.306 e. The Labute approximate surface area is 424 Å². The lowest BCUT2D eigenvalue weighted by Crippen LogP contribution is -2.30. The summed E-state index contributed by atoms with van der Waals surface area (Å²) < 4.78 is 16.8. The minimum absolute atomic E-state index is 0.107. The Balaban J connectivity index is 4.50. The summed E-state index contributed by atoms with van der Waals surface area (Å²) in [6.45, 7) is 6.32. The molecule has 1 unspecified atom stereocenters. The van der Waals surface area contributed by atoms with Gasteiger partial charge in [0.15, 0.2) is 6.10 Å². The van der Waals surface area contributed by atoms with Crippen LogP contribution in [0.2, 0.25) is 0 Å². The van der Waals surface area contributed by atoms with Gasteiger partial charge in [-0.3, -0.25) is 14.4 Å². The minimum atomic E-state index is -0.814. The maximum Gasteiger partial charge on any atom is 0.306 e. The van der Waals surface area contributed by atoms with E-state index in [-0.39, 0.29) is 37.5 Å². The van der Waals surface area contributed by atoms with Crippen LogP contribution in [0.1, 0.15) is 239 Å². The van der Waals surface area contributed by atoms with Gasteiger partial charge in [-0.2, -0.15) is 0 Å². The van der Waals surface area contributed by atoms with Crippen LogP contribution in [0.4, 0.5) is 0 Å². The molecule has 0 aliphatic carbocycles. The summed E-state index contributed by atoms with van der Waals surface area (Å²) in [4.78, 5) is 38.1. The molecule has 0 bridgehead atoms. The molecule has 0 spiro atoms. The van der Waals surface area contributed by atoms with Crippen molar-refractivity contribution in [3.8, 4) is 0 Å². The largest absolute Gasteiger partial charge is 0.462 e. The Kier molecular flexibility index (Phi) is 53.0. The van der Waals surface area contributed by atoms with Gasteiger partial charge in [0.25, 0.3) is 0 Å². The van der Waals surface area contributed by atoms with Gasteiger partial charge in [-0.05, 0) is 128 Å². The summed E-state index contributed by atoms with van der Waals surface area (Å²) >= 11 is 0. The number of carbonyl (C=O) groups excluding carboxylic acids is 3. The van der Waals surface area contributed by atoms with Crippen molar-refractivity contribution < 1.29 is 28.6 Å². The van der Waals surface area contributed by atoms with E-state index in [1.54, 1.807) is 0 Å². The Bertz CT molecular complexity index is 1470. The van der Waals surface area contributed by atoms with E-state index < -0.39 is 6.10 Å². The molecule has 0 saturated carbocycles. The first-order chi connectivity index (χ1) is 34.0. The number of hydrogen-bond donors (Lipinski definition) is 0. The van der Waals surface area contributed by atoms with Gasteiger partial charge in [0.1, 0.15) is 13.2 Å². The van der Waals surface area contributed by atoms with E-state index in [1.807, 2.05) is 0 Å². The van der Waals surface area contributed by atoms with Crippen LogP contribution in [-0.2, 0) is 28.6 Å². The second-order valence-electron chi connectivity index (χ2n) is 18.1. The van der Waals surface area contributed by atoms with E-state index >= 15 is 0 Å². The second-order valence-corrected chi connectivity index (χ2v) is 18.1. The summed E-state index contributed by atoms with van der Waals surface area (Å²) in [6.07, 6.45) is 77.6. The summed E-state index contributed by atoms with van der Waals surface area (Å²) in [5.41, 5.74) is 0. The third-order valence-corrected chi connectivity index (χ3v) is 11.4. The zero-order valence-corrected chi connectivity index (χ0v) is 44.5. The molecule has 0 saturated heterocycles. The molecule has 0 aromatic rings. The molecule has 0 heterocycles. The monoisotopic (exact) mass is 955 g/mol. The highest BCUT2D eigenvalue weighted by Crippen LogP contribution is 2.14. The topological polar surface area (TPSA) is 78.9 Å². The average molecular weight is 956 g/mol.